The molecule has 0 unspecified atom stereocenters. The van der Waals surface area contributed by atoms with Crippen LogP contribution in [0.4, 0.5) is 13.2 Å². The maximum atomic E-state index is 13.2. The summed E-state index contributed by atoms with van der Waals surface area (Å²) in [6.07, 6.45) is -5.79. The number of amides is 1. The molecule has 2 N–H and O–H groups in total. The predicted molar refractivity (Wildman–Crippen MR) is 89.3 cm³/mol. The van der Waals surface area contributed by atoms with Crippen LogP contribution in [0.2, 0.25) is 0 Å². The lowest BCUT2D eigenvalue weighted by Crippen LogP contribution is -2.43. The second-order valence-corrected chi connectivity index (χ2v) is 5.90. The van der Waals surface area contributed by atoms with E-state index in [9.17, 15) is 28.2 Å². The van der Waals surface area contributed by atoms with Crippen molar-refractivity contribution in [3.8, 4) is 11.5 Å². The van der Waals surface area contributed by atoms with E-state index in [-0.39, 0.29) is 16.9 Å². The van der Waals surface area contributed by atoms with Crippen LogP contribution in [0, 0.1) is 0 Å². The van der Waals surface area contributed by atoms with Crippen molar-refractivity contribution in [1.82, 2.24) is 5.01 Å². The fourth-order valence-corrected chi connectivity index (χ4v) is 2.78. The Labute approximate surface area is 152 Å². The van der Waals surface area contributed by atoms with Crippen molar-refractivity contribution >= 4 is 11.6 Å². The van der Waals surface area contributed by atoms with Gasteiger partial charge in [-0.2, -0.15) is 23.3 Å². The van der Waals surface area contributed by atoms with Gasteiger partial charge in [-0.25, -0.2) is 0 Å². The molecule has 2 aromatic rings. The first-order valence-electron chi connectivity index (χ1n) is 7.81. The minimum atomic E-state index is -4.83. The van der Waals surface area contributed by atoms with Crippen molar-refractivity contribution in [2.45, 2.75) is 18.3 Å². The summed E-state index contributed by atoms with van der Waals surface area (Å²) in [6, 6.07) is 11.0. The number of aromatic hydroxyl groups is 1. The van der Waals surface area contributed by atoms with Gasteiger partial charge in [0.2, 0.25) is 0 Å². The number of phenolic OH excluding ortho intramolecular Hbond substituents is 1. The Morgan fingerprint density at radius 2 is 1.93 bits per heavy atom. The largest absolute Gasteiger partial charge is 0.507 e. The summed E-state index contributed by atoms with van der Waals surface area (Å²) in [5.74, 6) is -1.22. The highest BCUT2D eigenvalue weighted by molar-refractivity contribution is 6.01. The summed E-state index contributed by atoms with van der Waals surface area (Å²) in [7, 11) is 1.36. The van der Waals surface area contributed by atoms with Gasteiger partial charge in [0, 0.05) is 5.56 Å². The van der Waals surface area contributed by atoms with Gasteiger partial charge in [0.1, 0.15) is 17.2 Å². The van der Waals surface area contributed by atoms with Crippen LogP contribution in [0.1, 0.15) is 22.3 Å². The molecule has 1 aliphatic heterocycles. The molecule has 27 heavy (non-hydrogen) atoms. The fourth-order valence-electron chi connectivity index (χ4n) is 2.78. The molecule has 0 saturated heterocycles. The van der Waals surface area contributed by atoms with Crippen molar-refractivity contribution in [3.63, 3.8) is 0 Å². The number of ether oxygens (including phenoxy) is 1. The second-order valence-electron chi connectivity index (χ2n) is 5.90. The standard InChI is InChI=1S/C18H15F3N2O4/c1-27-12-6-4-5-11(9-12)17(26)10-15(18(19,20)21)22-23(17)16(25)13-7-2-3-8-14(13)24/h2-9,24,26H,10H2,1H3/t17-/m1/s1. The molecule has 0 fully saturated rings. The molecule has 1 amide bonds. The van der Waals surface area contributed by atoms with Gasteiger partial charge < -0.3 is 14.9 Å². The quantitative estimate of drug-likeness (QED) is 0.858. The molecule has 2 aromatic carbocycles. The molecule has 0 radical (unpaired) electrons. The van der Waals surface area contributed by atoms with Gasteiger partial charge in [-0.1, -0.05) is 24.3 Å². The molecule has 9 heteroatoms. The van der Waals surface area contributed by atoms with Crippen LogP contribution in [0.3, 0.4) is 0 Å². The van der Waals surface area contributed by atoms with Crippen LogP contribution < -0.4 is 4.74 Å². The zero-order chi connectivity index (χ0) is 19.8. The molecule has 0 aromatic heterocycles. The van der Waals surface area contributed by atoms with E-state index in [2.05, 4.69) is 5.10 Å². The first-order valence-corrected chi connectivity index (χ1v) is 7.81. The molecule has 0 spiro atoms. The van der Waals surface area contributed by atoms with E-state index in [1.165, 1.54) is 49.6 Å². The first-order chi connectivity index (χ1) is 12.7. The number of phenols is 1. The number of nitrogens with zero attached hydrogens (tertiary/aromatic N) is 2. The number of carbonyl (C=O) groups excluding carboxylic acids is 1. The third kappa shape index (κ3) is 3.33. The number of hydrogen-bond acceptors (Lipinski definition) is 5. The van der Waals surface area contributed by atoms with Crippen LogP contribution in [-0.4, -0.2) is 40.1 Å². The van der Waals surface area contributed by atoms with E-state index >= 15 is 0 Å². The van der Waals surface area contributed by atoms with Gasteiger partial charge in [-0.15, -0.1) is 0 Å². The van der Waals surface area contributed by atoms with Gasteiger partial charge in [0.15, 0.2) is 5.72 Å². The molecule has 142 valence electrons. The third-order valence-electron chi connectivity index (χ3n) is 4.17. The highest BCUT2D eigenvalue weighted by Crippen LogP contribution is 2.41. The van der Waals surface area contributed by atoms with Gasteiger partial charge in [0.05, 0.1) is 19.1 Å². The van der Waals surface area contributed by atoms with E-state index in [4.69, 9.17) is 4.74 Å². The summed E-state index contributed by atoms with van der Waals surface area (Å²) in [4.78, 5) is 12.8. The number of hydrogen-bond donors (Lipinski definition) is 2. The van der Waals surface area contributed by atoms with Gasteiger partial charge in [-0.3, -0.25) is 4.79 Å². The van der Waals surface area contributed by atoms with Crippen LogP contribution in [-0.2, 0) is 5.72 Å². The number of para-hydroxylation sites is 1. The van der Waals surface area contributed by atoms with E-state index < -0.39 is 35.7 Å². The molecule has 1 atom stereocenters. The minimum absolute atomic E-state index is 0.00591. The maximum absolute atomic E-state index is 13.2. The lowest BCUT2D eigenvalue weighted by atomic mass is 9.96. The Balaban J connectivity index is 2.11. The summed E-state index contributed by atoms with van der Waals surface area (Å²) in [5, 5.41) is 24.6. The third-order valence-corrected chi connectivity index (χ3v) is 4.17. The number of hydrazone groups is 1. The average Bonchev–Trinajstić information content (AvgIpc) is 3.01. The van der Waals surface area contributed by atoms with Crippen molar-refractivity contribution in [2.75, 3.05) is 7.11 Å². The monoisotopic (exact) mass is 380 g/mol. The van der Waals surface area contributed by atoms with Gasteiger partial charge in [-0.05, 0) is 24.3 Å². The number of rotatable bonds is 3. The lowest BCUT2D eigenvalue weighted by Gasteiger charge is -2.31. The average molecular weight is 380 g/mol. The molecule has 0 aliphatic carbocycles. The maximum Gasteiger partial charge on any atom is 0.431 e. The Bertz CT molecular complexity index is 913. The topological polar surface area (TPSA) is 82.4 Å². The molecule has 1 aliphatic rings. The predicted octanol–water partition coefficient (Wildman–Crippen LogP) is 3.01. The highest BCUT2D eigenvalue weighted by atomic mass is 19.4. The molecular weight excluding hydrogens is 365 g/mol. The fraction of sp³-hybridized carbons (Fsp3) is 0.222. The highest BCUT2D eigenvalue weighted by Gasteiger charge is 2.53. The smallest absolute Gasteiger partial charge is 0.431 e. The first kappa shape index (κ1) is 18.7. The van der Waals surface area contributed by atoms with Crippen LogP contribution in [0.25, 0.3) is 0 Å². The van der Waals surface area contributed by atoms with Gasteiger partial charge >= 0.3 is 6.18 Å². The van der Waals surface area contributed by atoms with Crippen LogP contribution >= 0.6 is 0 Å². The molecule has 0 bridgehead atoms. The van der Waals surface area contributed by atoms with Crippen LogP contribution in [0.15, 0.2) is 53.6 Å². The Morgan fingerprint density at radius 1 is 1.22 bits per heavy atom. The Hall–Kier alpha value is -3.07. The van der Waals surface area contributed by atoms with Crippen molar-refractivity contribution in [1.29, 1.82) is 0 Å². The summed E-state index contributed by atoms with van der Waals surface area (Å²) >= 11 is 0. The molecule has 6 nitrogen and oxygen atoms in total. The van der Waals surface area contributed by atoms with Crippen molar-refractivity contribution in [3.05, 3.63) is 59.7 Å². The Kier molecular flexibility index (Phi) is 4.56. The van der Waals surface area contributed by atoms with E-state index in [0.717, 1.165) is 0 Å². The summed E-state index contributed by atoms with van der Waals surface area (Å²) in [6.45, 7) is 0. The molecule has 1 heterocycles. The van der Waals surface area contributed by atoms with Crippen LogP contribution in [0.5, 0.6) is 11.5 Å². The number of alkyl halides is 3. The van der Waals surface area contributed by atoms with E-state index in [0.29, 0.717) is 5.01 Å². The molecule has 3 rings (SSSR count). The van der Waals surface area contributed by atoms with Crippen molar-refractivity contribution in [2.24, 2.45) is 5.10 Å². The van der Waals surface area contributed by atoms with Gasteiger partial charge in [0.25, 0.3) is 5.91 Å². The zero-order valence-electron chi connectivity index (χ0n) is 14.1. The van der Waals surface area contributed by atoms with E-state index in [1.54, 1.807) is 6.07 Å². The lowest BCUT2D eigenvalue weighted by molar-refractivity contribution is -0.0817. The summed E-state index contributed by atoms with van der Waals surface area (Å²) < 4.78 is 44.7. The van der Waals surface area contributed by atoms with E-state index in [1.807, 2.05) is 0 Å². The summed E-state index contributed by atoms with van der Waals surface area (Å²) in [5.41, 5.74) is -3.99. The minimum Gasteiger partial charge on any atom is -0.507 e. The number of methoxy groups -OCH3 is 1. The number of aliphatic hydroxyl groups is 1. The number of carbonyl (C=O) groups is 1. The van der Waals surface area contributed by atoms with Crippen molar-refractivity contribution < 1.29 is 32.9 Å². The Morgan fingerprint density at radius 3 is 2.56 bits per heavy atom. The normalized spacial score (nSPS) is 19.7. The number of halogens is 3. The molecule has 0 saturated carbocycles. The SMILES string of the molecule is COc1cccc([C@]2(O)CC(C(F)(F)F)=NN2C(=O)c2ccccc2O)c1. The number of benzene rings is 2. The molecular formula is C18H15F3N2O4. The zero-order valence-corrected chi connectivity index (χ0v) is 14.1. The second kappa shape index (κ2) is 6.58.